The summed E-state index contributed by atoms with van der Waals surface area (Å²) < 4.78 is 0. The average molecular weight is 267 g/mol. The number of nitrogens with one attached hydrogen (secondary N) is 2. The van der Waals surface area contributed by atoms with E-state index in [1.165, 1.54) is 25.7 Å². The first-order valence-electron chi connectivity index (χ1n) is 7.82. The Morgan fingerprint density at radius 3 is 2.53 bits per heavy atom. The zero-order valence-electron chi connectivity index (χ0n) is 12.6. The first-order valence-corrected chi connectivity index (χ1v) is 7.82. The van der Waals surface area contributed by atoms with Crippen molar-refractivity contribution in [3.63, 3.8) is 0 Å². The largest absolute Gasteiger partial charge is 0.356 e. The number of nitrogens with zero attached hydrogens (tertiary/aromatic N) is 1. The second-order valence-electron chi connectivity index (χ2n) is 6.34. The first-order chi connectivity index (χ1) is 9.11. The third-order valence-corrected chi connectivity index (χ3v) is 4.91. The normalized spacial score (nSPS) is 32.3. The Morgan fingerprint density at radius 2 is 1.95 bits per heavy atom. The summed E-state index contributed by atoms with van der Waals surface area (Å²) in [6, 6.07) is 1.53. The van der Waals surface area contributed by atoms with Crippen molar-refractivity contribution < 1.29 is 4.79 Å². The zero-order chi connectivity index (χ0) is 13.8. The van der Waals surface area contributed by atoms with Crippen LogP contribution in [0.15, 0.2) is 0 Å². The van der Waals surface area contributed by atoms with Crippen LogP contribution in [0.2, 0.25) is 0 Å². The van der Waals surface area contributed by atoms with E-state index in [9.17, 15) is 4.79 Å². The van der Waals surface area contributed by atoms with Gasteiger partial charge in [-0.3, -0.25) is 4.79 Å². The van der Waals surface area contributed by atoms with Crippen molar-refractivity contribution in [1.82, 2.24) is 15.5 Å². The number of rotatable bonds is 6. The number of carbonyl (C=O) groups is 1. The Labute approximate surface area is 117 Å². The lowest BCUT2D eigenvalue weighted by molar-refractivity contribution is -0.124. The molecular weight excluding hydrogens is 238 g/mol. The monoisotopic (exact) mass is 267 g/mol. The molecule has 0 aromatic heterocycles. The predicted molar refractivity (Wildman–Crippen MR) is 78.0 cm³/mol. The quantitative estimate of drug-likeness (QED) is 0.760. The number of hydrogen-bond acceptors (Lipinski definition) is 3. The number of hydrogen-bond donors (Lipinski definition) is 2. The van der Waals surface area contributed by atoms with E-state index in [2.05, 4.69) is 29.5 Å². The fraction of sp³-hybridized carbons (Fsp3) is 0.933. The zero-order valence-corrected chi connectivity index (χ0v) is 12.6. The van der Waals surface area contributed by atoms with Crippen LogP contribution in [0.3, 0.4) is 0 Å². The molecule has 0 aromatic carbocycles. The summed E-state index contributed by atoms with van der Waals surface area (Å²) in [5.41, 5.74) is 0. The summed E-state index contributed by atoms with van der Waals surface area (Å²) >= 11 is 0. The highest BCUT2D eigenvalue weighted by Crippen LogP contribution is 2.36. The highest BCUT2D eigenvalue weighted by molar-refractivity contribution is 5.78. The molecule has 1 amide bonds. The van der Waals surface area contributed by atoms with E-state index in [0.717, 1.165) is 31.7 Å². The van der Waals surface area contributed by atoms with E-state index in [1.807, 2.05) is 6.92 Å². The number of piperidine rings is 1. The SMILES string of the molecule is CCNCC(C)C(=O)NCC1CC2CCC(C1)N2C. The van der Waals surface area contributed by atoms with Gasteiger partial charge in [-0.05, 0) is 45.2 Å². The van der Waals surface area contributed by atoms with E-state index >= 15 is 0 Å². The third-order valence-electron chi connectivity index (χ3n) is 4.91. The molecule has 4 nitrogen and oxygen atoms in total. The second-order valence-corrected chi connectivity index (χ2v) is 6.34. The molecule has 3 unspecified atom stereocenters. The van der Waals surface area contributed by atoms with Crippen LogP contribution in [-0.2, 0) is 4.79 Å². The highest BCUT2D eigenvalue weighted by Gasteiger charge is 2.38. The van der Waals surface area contributed by atoms with Crippen molar-refractivity contribution >= 4 is 5.91 Å². The molecule has 2 aliphatic heterocycles. The van der Waals surface area contributed by atoms with Gasteiger partial charge in [-0.2, -0.15) is 0 Å². The standard InChI is InChI=1S/C15H29N3O/c1-4-16-9-11(2)15(19)17-10-12-7-13-5-6-14(8-12)18(13)3/h11-14,16H,4-10H2,1-3H3,(H,17,19). The molecule has 0 aromatic rings. The van der Waals surface area contributed by atoms with Crippen molar-refractivity contribution in [2.24, 2.45) is 11.8 Å². The van der Waals surface area contributed by atoms with Gasteiger partial charge in [0.2, 0.25) is 5.91 Å². The van der Waals surface area contributed by atoms with Gasteiger partial charge in [0.25, 0.3) is 0 Å². The Bertz CT molecular complexity index is 294. The van der Waals surface area contributed by atoms with Crippen LogP contribution in [-0.4, -0.2) is 49.6 Å². The summed E-state index contributed by atoms with van der Waals surface area (Å²) in [7, 11) is 2.26. The van der Waals surface area contributed by atoms with Gasteiger partial charge in [-0.25, -0.2) is 0 Å². The minimum absolute atomic E-state index is 0.0722. The summed E-state index contributed by atoms with van der Waals surface area (Å²) in [5.74, 6) is 0.958. The molecule has 2 aliphatic rings. The molecule has 19 heavy (non-hydrogen) atoms. The number of fused-ring (bicyclic) bond motifs is 2. The third kappa shape index (κ3) is 3.69. The Kier molecular flexibility index (Phi) is 5.22. The van der Waals surface area contributed by atoms with E-state index in [4.69, 9.17) is 0 Å². The summed E-state index contributed by atoms with van der Waals surface area (Å²) in [6.07, 6.45) is 5.22. The van der Waals surface area contributed by atoms with Crippen LogP contribution in [0.1, 0.15) is 39.5 Å². The maximum Gasteiger partial charge on any atom is 0.224 e. The summed E-state index contributed by atoms with van der Waals surface area (Å²) in [4.78, 5) is 14.5. The van der Waals surface area contributed by atoms with Crippen molar-refractivity contribution in [3.05, 3.63) is 0 Å². The van der Waals surface area contributed by atoms with Gasteiger partial charge in [-0.15, -0.1) is 0 Å². The van der Waals surface area contributed by atoms with E-state index in [1.54, 1.807) is 0 Å². The van der Waals surface area contributed by atoms with Crippen LogP contribution in [0, 0.1) is 11.8 Å². The molecule has 2 rings (SSSR count). The Hall–Kier alpha value is -0.610. The molecule has 2 bridgehead atoms. The lowest BCUT2D eigenvalue weighted by Crippen LogP contribution is -2.44. The minimum Gasteiger partial charge on any atom is -0.356 e. The van der Waals surface area contributed by atoms with Crippen molar-refractivity contribution in [3.8, 4) is 0 Å². The predicted octanol–water partition coefficient (Wildman–Crippen LogP) is 1.22. The van der Waals surface area contributed by atoms with E-state index < -0.39 is 0 Å². The molecule has 2 N–H and O–H groups in total. The fourth-order valence-electron chi connectivity index (χ4n) is 3.56. The molecule has 110 valence electrons. The van der Waals surface area contributed by atoms with Crippen LogP contribution >= 0.6 is 0 Å². The van der Waals surface area contributed by atoms with E-state index in [0.29, 0.717) is 5.92 Å². The molecule has 0 radical (unpaired) electrons. The van der Waals surface area contributed by atoms with Gasteiger partial charge in [0.1, 0.15) is 0 Å². The van der Waals surface area contributed by atoms with Crippen molar-refractivity contribution in [2.75, 3.05) is 26.7 Å². The van der Waals surface area contributed by atoms with Crippen molar-refractivity contribution in [1.29, 1.82) is 0 Å². The van der Waals surface area contributed by atoms with Gasteiger partial charge < -0.3 is 15.5 Å². The van der Waals surface area contributed by atoms with E-state index in [-0.39, 0.29) is 11.8 Å². The number of amides is 1. The molecule has 2 heterocycles. The molecule has 2 saturated heterocycles. The van der Waals surface area contributed by atoms with Crippen LogP contribution in [0.25, 0.3) is 0 Å². The minimum atomic E-state index is 0.0722. The molecule has 3 atom stereocenters. The van der Waals surface area contributed by atoms with Crippen molar-refractivity contribution in [2.45, 2.75) is 51.6 Å². The molecule has 0 aliphatic carbocycles. The smallest absolute Gasteiger partial charge is 0.224 e. The van der Waals surface area contributed by atoms with Crippen LogP contribution < -0.4 is 10.6 Å². The lowest BCUT2D eigenvalue weighted by Gasteiger charge is -2.36. The van der Waals surface area contributed by atoms with Gasteiger partial charge in [0, 0.05) is 31.1 Å². The average Bonchev–Trinajstić information content (AvgIpc) is 2.65. The summed E-state index contributed by atoms with van der Waals surface area (Å²) in [6.45, 7) is 6.64. The fourth-order valence-corrected chi connectivity index (χ4v) is 3.56. The molecule has 0 saturated carbocycles. The van der Waals surface area contributed by atoms with Gasteiger partial charge in [0.05, 0.1) is 0 Å². The highest BCUT2D eigenvalue weighted by atomic mass is 16.1. The van der Waals surface area contributed by atoms with Crippen LogP contribution in [0.4, 0.5) is 0 Å². The summed E-state index contributed by atoms with van der Waals surface area (Å²) in [5, 5.41) is 6.38. The second kappa shape index (κ2) is 6.71. The van der Waals surface area contributed by atoms with Crippen LogP contribution in [0.5, 0.6) is 0 Å². The molecular formula is C15H29N3O. The van der Waals surface area contributed by atoms with Gasteiger partial charge in [0.15, 0.2) is 0 Å². The maximum absolute atomic E-state index is 12.0. The molecule has 2 fully saturated rings. The van der Waals surface area contributed by atoms with Gasteiger partial charge in [-0.1, -0.05) is 13.8 Å². The molecule has 4 heteroatoms. The maximum atomic E-state index is 12.0. The lowest BCUT2D eigenvalue weighted by atomic mass is 9.91. The number of carbonyl (C=O) groups excluding carboxylic acids is 1. The van der Waals surface area contributed by atoms with Gasteiger partial charge >= 0.3 is 0 Å². The topological polar surface area (TPSA) is 44.4 Å². The Morgan fingerprint density at radius 1 is 1.32 bits per heavy atom. The first kappa shape index (κ1) is 14.8. The molecule has 0 spiro atoms. The Balaban J connectivity index is 1.70.